The normalized spacial score (nSPS) is 26.1. The number of benzene rings is 3. The molecule has 1 aliphatic carbocycles. The van der Waals surface area contributed by atoms with Crippen LogP contribution in [0.15, 0.2) is 84.4 Å². The summed E-state index contributed by atoms with van der Waals surface area (Å²) in [4.78, 5) is 2.55. The predicted molar refractivity (Wildman–Crippen MR) is 129 cm³/mol. The Kier molecular flexibility index (Phi) is 4.89. The topological polar surface area (TPSA) is 21.7 Å². The third kappa shape index (κ3) is 3.03. The van der Waals surface area contributed by atoms with Gasteiger partial charge in [-0.25, -0.2) is 0 Å². The van der Waals surface area contributed by atoms with Gasteiger partial charge in [-0.15, -0.1) is 0 Å². The Morgan fingerprint density at radius 3 is 2.47 bits per heavy atom. The van der Waals surface area contributed by atoms with Crippen molar-refractivity contribution in [3.05, 3.63) is 107 Å². The van der Waals surface area contributed by atoms with Gasteiger partial charge in [0.05, 0.1) is 12.1 Å². The van der Waals surface area contributed by atoms with E-state index in [1.165, 1.54) is 39.1 Å². The van der Waals surface area contributed by atoms with Crippen molar-refractivity contribution in [2.45, 2.75) is 38.1 Å². The molecule has 3 aromatic carbocycles. The lowest BCUT2D eigenvalue weighted by Crippen LogP contribution is -2.44. The van der Waals surface area contributed by atoms with Crippen molar-refractivity contribution < 1.29 is 9.47 Å². The van der Waals surface area contributed by atoms with E-state index >= 15 is 0 Å². The van der Waals surface area contributed by atoms with Crippen molar-refractivity contribution in [2.24, 2.45) is 5.92 Å². The fraction of sp³-hybridized carbons (Fsp3) is 0.310. The molecule has 0 amide bonds. The molecule has 0 spiro atoms. The van der Waals surface area contributed by atoms with E-state index in [1.807, 2.05) is 7.11 Å². The highest BCUT2D eigenvalue weighted by atomic mass is 16.5. The van der Waals surface area contributed by atoms with Crippen LogP contribution in [0.25, 0.3) is 5.57 Å². The Bertz CT molecular complexity index is 1150. The van der Waals surface area contributed by atoms with Crippen LogP contribution in [0.1, 0.15) is 34.7 Å². The summed E-state index contributed by atoms with van der Waals surface area (Å²) < 4.78 is 12.6. The SMILES string of the molecule is CO[C@@H]1C2=C(c3ccccc3N(Cc3ccccc3)[C@H]1c1ccc(C)cc1)[C@H]1CCO[C@@H]21. The summed E-state index contributed by atoms with van der Waals surface area (Å²) in [5.74, 6) is 0.485. The molecule has 4 atom stereocenters. The maximum Gasteiger partial charge on any atom is 0.106 e. The van der Waals surface area contributed by atoms with Crippen LogP contribution in [0.3, 0.4) is 0 Å². The molecule has 1 fully saturated rings. The summed E-state index contributed by atoms with van der Waals surface area (Å²) in [6.45, 7) is 3.81. The number of anilines is 1. The zero-order valence-corrected chi connectivity index (χ0v) is 18.7. The molecule has 0 radical (unpaired) electrons. The van der Waals surface area contributed by atoms with Crippen molar-refractivity contribution in [3.8, 4) is 0 Å². The molecule has 2 heterocycles. The zero-order valence-electron chi connectivity index (χ0n) is 18.7. The smallest absolute Gasteiger partial charge is 0.106 e. The minimum atomic E-state index is -0.0526. The van der Waals surface area contributed by atoms with Crippen molar-refractivity contribution in [3.63, 3.8) is 0 Å². The number of nitrogens with zero attached hydrogens (tertiary/aromatic N) is 1. The molecule has 6 rings (SSSR count). The highest BCUT2D eigenvalue weighted by molar-refractivity contribution is 5.88. The molecule has 3 aliphatic rings. The van der Waals surface area contributed by atoms with Gasteiger partial charge in [-0.3, -0.25) is 0 Å². The van der Waals surface area contributed by atoms with Crippen molar-refractivity contribution in [1.29, 1.82) is 0 Å². The number of aryl methyl sites for hydroxylation is 1. The van der Waals surface area contributed by atoms with E-state index in [0.717, 1.165) is 19.6 Å². The summed E-state index contributed by atoms with van der Waals surface area (Å²) >= 11 is 0. The first-order valence-electron chi connectivity index (χ1n) is 11.6. The number of ether oxygens (including phenoxy) is 2. The molecule has 0 aromatic heterocycles. The minimum Gasteiger partial charge on any atom is -0.374 e. The highest BCUT2D eigenvalue weighted by Crippen LogP contribution is 2.57. The van der Waals surface area contributed by atoms with E-state index in [-0.39, 0.29) is 18.2 Å². The quantitative estimate of drug-likeness (QED) is 0.518. The number of fused-ring (bicyclic) bond motifs is 5. The van der Waals surface area contributed by atoms with E-state index < -0.39 is 0 Å². The van der Waals surface area contributed by atoms with Crippen LogP contribution in [0.4, 0.5) is 5.69 Å². The van der Waals surface area contributed by atoms with Gasteiger partial charge in [0.2, 0.25) is 0 Å². The van der Waals surface area contributed by atoms with Crippen LogP contribution >= 0.6 is 0 Å². The second-order valence-corrected chi connectivity index (χ2v) is 9.20. The monoisotopic (exact) mass is 423 g/mol. The number of hydrogen-bond donors (Lipinski definition) is 0. The lowest BCUT2D eigenvalue weighted by atomic mass is 9.68. The van der Waals surface area contributed by atoms with Gasteiger partial charge in [-0.2, -0.15) is 0 Å². The molecule has 162 valence electrons. The van der Waals surface area contributed by atoms with Crippen LogP contribution in [0.5, 0.6) is 0 Å². The number of rotatable bonds is 4. The Labute approximate surface area is 190 Å². The first-order valence-corrected chi connectivity index (χ1v) is 11.6. The standard InChI is InChI=1S/C29H29NO2/c1-19-12-14-21(15-13-19)27-29(31-2)26-25(23-16-17-32-28(23)26)22-10-6-7-11-24(22)30(27)18-20-8-4-3-5-9-20/h3-15,23,27-29H,16-18H2,1-2H3/t23-,27+,28-,29-/m1/s1. The Morgan fingerprint density at radius 1 is 0.938 bits per heavy atom. The fourth-order valence-corrected chi connectivity index (χ4v) is 5.91. The summed E-state index contributed by atoms with van der Waals surface area (Å²) in [5, 5.41) is 0. The molecular weight excluding hydrogens is 394 g/mol. The molecule has 0 bridgehead atoms. The highest BCUT2D eigenvalue weighted by Gasteiger charge is 2.53. The summed E-state index contributed by atoms with van der Waals surface area (Å²) in [5.41, 5.74) is 9.31. The van der Waals surface area contributed by atoms with Gasteiger partial charge in [0.1, 0.15) is 6.10 Å². The van der Waals surface area contributed by atoms with Gasteiger partial charge in [0.15, 0.2) is 0 Å². The summed E-state index contributed by atoms with van der Waals surface area (Å²) in [6.07, 6.45) is 1.23. The second kappa shape index (κ2) is 7.91. The molecule has 3 aromatic rings. The first-order chi connectivity index (χ1) is 15.8. The van der Waals surface area contributed by atoms with Crippen LogP contribution in [0.2, 0.25) is 0 Å². The average molecular weight is 424 g/mol. The van der Waals surface area contributed by atoms with E-state index in [9.17, 15) is 0 Å². The Balaban J connectivity index is 1.57. The van der Waals surface area contributed by atoms with E-state index in [2.05, 4.69) is 90.7 Å². The Hall–Kier alpha value is -2.88. The van der Waals surface area contributed by atoms with E-state index in [4.69, 9.17) is 9.47 Å². The lowest BCUT2D eigenvalue weighted by molar-refractivity contribution is 0.0505. The van der Waals surface area contributed by atoms with Gasteiger partial charge < -0.3 is 14.4 Å². The fourth-order valence-electron chi connectivity index (χ4n) is 5.91. The van der Waals surface area contributed by atoms with Gasteiger partial charge in [0.25, 0.3) is 0 Å². The number of methoxy groups -OCH3 is 1. The third-order valence-electron chi connectivity index (χ3n) is 7.38. The average Bonchev–Trinajstić information content (AvgIpc) is 3.19. The zero-order chi connectivity index (χ0) is 21.7. The summed E-state index contributed by atoms with van der Waals surface area (Å²) in [6, 6.07) is 28.7. The largest absolute Gasteiger partial charge is 0.374 e. The molecular formula is C29H29NO2. The second-order valence-electron chi connectivity index (χ2n) is 9.20. The van der Waals surface area contributed by atoms with Crippen LogP contribution in [-0.4, -0.2) is 25.9 Å². The maximum absolute atomic E-state index is 6.33. The van der Waals surface area contributed by atoms with Crippen LogP contribution in [0, 0.1) is 12.8 Å². The van der Waals surface area contributed by atoms with Gasteiger partial charge in [-0.1, -0.05) is 78.4 Å². The third-order valence-corrected chi connectivity index (χ3v) is 7.38. The van der Waals surface area contributed by atoms with E-state index in [1.54, 1.807) is 0 Å². The molecule has 0 saturated carbocycles. The van der Waals surface area contributed by atoms with Crippen LogP contribution < -0.4 is 4.90 Å². The Morgan fingerprint density at radius 2 is 1.69 bits per heavy atom. The molecule has 32 heavy (non-hydrogen) atoms. The van der Waals surface area contributed by atoms with Crippen molar-refractivity contribution in [2.75, 3.05) is 18.6 Å². The van der Waals surface area contributed by atoms with Crippen molar-refractivity contribution in [1.82, 2.24) is 0 Å². The first kappa shape index (κ1) is 19.8. The van der Waals surface area contributed by atoms with Gasteiger partial charge >= 0.3 is 0 Å². The molecule has 0 unspecified atom stereocenters. The van der Waals surface area contributed by atoms with Crippen LogP contribution in [-0.2, 0) is 16.0 Å². The molecule has 3 heteroatoms. The van der Waals surface area contributed by atoms with Gasteiger partial charge in [-0.05, 0) is 41.7 Å². The predicted octanol–water partition coefficient (Wildman–Crippen LogP) is 5.94. The summed E-state index contributed by atoms with van der Waals surface area (Å²) in [7, 11) is 1.86. The lowest BCUT2D eigenvalue weighted by Gasteiger charge is -2.42. The van der Waals surface area contributed by atoms with Crippen molar-refractivity contribution >= 4 is 11.3 Å². The molecule has 1 saturated heterocycles. The van der Waals surface area contributed by atoms with Gasteiger partial charge in [0, 0.05) is 37.4 Å². The molecule has 3 nitrogen and oxygen atoms in total. The van der Waals surface area contributed by atoms with E-state index in [0.29, 0.717) is 5.92 Å². The maximum atomic E-state index is 6.33. The molecule has 0 N–H and O–H groups in total. The molecule has 2 aliphatic heterocycles. The minimum absolute atomic E-state index is 0.0526. The number of hydrogen-bond acceptors (Lipinski definition) is 3. The number of para-hydroxylation sites is 1.